The number of hydrogen-bond acceptors (Lipinski definition) is 5. The largest absolute Gasteiger partial charge is 0.478 e. The average Bonchev–Trinajstić information content (AvgIpc) is 3.17. The van der Waals surface area contributed by atoms with Crippen molar-refractivity contribution >= 4 is 40.8 Å². The van der Waals surface area contributed by atoms with Crippen molar-refractivity contribution in [2.45, 2.75) is 51.4 Å². The van der Waals surface area contributed by atoms with Gasteiger partial charge in [-0.2, -0.15) is 0 Å². The number of carboxylic acids is 2. The zero-order valence-electron chi connectivity index (χ0n) is 24.7. The van der Waals surface area contributed by atoms with E-state index in [9.17, 15) is 14.4 Å². The number of para-hydroxylation sites is 1. The van der Waals surface area contributed by atoms with Crippen LogP contribution in [0.4, 0.5) is 11.4 Å². The Hall–Kier alpha value is -4.40. The van der Waals surface area contributed by atoms with Gasteiger partial charge in [0.15, 0.2) is 0 Å². The van der Waals surface area contributed by atoms with Crippen molar-refractivity contribution in [3.05, 3.63) is 119 Å². The van der Waals surface area contributed by atoms with Crippen molar-refractivity contribution in [1.82, 2.24) is 5.48 Å². The fraction of sp³-hybridized carbons (Fsp3) is 0.286. The molecule has 3 aromatic carbocycles. The summed E-state index contributed by atoms with van der Waals surface area (Å²) in [4.78, 5) is 38.7. The molecule has 1 aliphatic heterocycles. The number of carbonyl (C=O) groups is 3. The fourth-order valence-corrected chi connectivity index (χ4v) is 4.98. The van der Waals surface area contributed by atoms with Crippen LogP contribution >= 0.6 is 11.6 Å². The molecule has 8 nitrogen and oxygen atoms in total. The number of carboxylic acid groups (broad SMARTS) is 2. The molecule has 0 bridgehead atoms. The molecule has 0 saturated carbocycles. The topological polar surface area (TPSA) is 116 Å². The summed E-state index contributed by atoms with van der Waals surface area (Å²) in [6, 6.07) is 25.1. The lowest BCUT2D eigenvalue weighted by Crippen LogP contribution is -2.22. The van der Waals surface area contributed by atoms with Crippen molar-refractivity contribution < 1.29 is 29.4 Å². The standard InChI is InChI=1S/C31H35ClN2O2.C4H4O4/c32-28-20-19-27-18-17-26-14-9-10-15-29(26)34(30(27)24-28)22-11-4-2-1-3-8-16-31(35)33-36-23-21-25-12-6-5-7-13-25;5-3(6)1-2-4(7)8/h5-10,12-16,19-20,24H,1-4,11,17-18,21-23H2,(H,33,35);1-2H,(H,5,6)(H,7,8)/b16-8+;2-1-. The van der Waals surface area contributed by atoms with Gasteiger partial charge in [0, 0.05) is 41.2 Å². The molecule has 1 aliphatic rings. The molecule has 0 radical (unpaired) electrons. The van der Waals surface area contributed by atoms with E-state index in [0.717, 1.165) is 62.9 Å². The van der Waals surface area contributed by atoms with Gasteiger partial charge in [-0.05, 0) is 73.4 Å². The van der Waals surface area contributed by atoms with Gasteiger partial charge in [0.25, 0.3) is 5.91 Å². The molecule has 1 heterocycles. The molecule has 3 N–H and O–H groups in total. The zero-order valence-corrected chi connectivity index (χ0v) is 25.4. The van der Waals surface area contributed by atoms with Gasteiger partial charge in [-0.15, -0.1) is 0 Å². The molecule has 0 spiro atoms. The van der Waals surface area contributed by atoms with E-state index in [4.69, 9.17) is 26.7 Å². The lowest BCUT2D eigenvalue weighted by molar-refractivity contribution is -0.134. The predicted molar refractivity (Wildman–Crippen MR) is 173 cm³/mol. The van der Waals surface area contributed by atoms with Crippen LogP contribution in [-0.4, -0.2) is 41.2 Å². The number of hydrogen-bond donors (Lipinski definition) is 3. The number of hydroxylamine groups is 1. The van der Waals surface area contributed by atoms with Crippen molar-refractivity contribution in [1.29, 1.82) is 0 Å². The highest BCUT2D eigenvalue weighted by Crippen LogP contribution is 2.37. The lowest BCUT2D eigenvalue weighted by atomic mass is 10.0. The van der Waals surface area contributed by atoms with Crippen LogP contribution in [0.5, 0.6) is 0 Å². The number of aliphatic carboxylic acids is 2. The van der Waals surface area contributed by atoms with Gasteiger partial charge < -0.3 is 15.1 Å². The molecule has 0 saturated heterocycles. The van der Waals surface area contributed by atoms with Crippen LogP contribution in [0.1, 0.15) is 48.8 Å². The Morgan fingerprint density at radius 3 is 2.18 bits per heavy atom. The molecule has 4 rings (SSSR count). The molecule has 232 valence electrons. The van der Waals surface area contributed by atoms with Crippen molar-refractivity contribution in [3.63, 3.8) is 0 Å². The summed E-state index contributed by atoms with van der Waals surface area (Å²) < 4.78 is 0. The number of allylic oxidation sites excluding steroid dienone is 1. The Morgan fingerprint density at radius 1 is 0.795 bits per heavy atom. The SMILES string of the molecule is O=C(/C=C/CCCCCCN1c2ccccc2CCc2ccc(Cl)cc21)NOCCc1ccccc1.O=C(O)/C=C\C(=O)O. The molecule has 0 unspecified atom stereocenters. The summed E-state index contributed by atoms with van der Waals surface area (Å²) in [6.45, 7) is 1.44. The van der Waals surface area contributed by atoms with E-state index >= 15 is 0 Å². The van der Waals surface area contributed by atoms with Crippen LogP contribution in [-0.2, 0) is 38.5 Å². The van der Waals surface area contributed by atoms with Gasteiger partial charge in [0.2, 0.25) is 0 Å². The number of benzene rings is 3. The Morgan fingerprint density at radius 2 is 1.45 bits per heavy atom. The number of nitrogens with one attached hydrogen (secondary N) is 1. The summed E-state index contributed by atoms with van der Waals surface area (Å²) in [5.41, 5.74) is 8.99. The van der Waals surface area contributed by atoms with Crippen molar-refractivity contribution in [3.8, 4) is 0 Å². The number of aryl methyl sites for hydroxylation is 2. The number of anilines is 2. The second-order valence-electron chi connectivity index (χ2n) is 10.2. The first-order chi connectivity index (χ1) is 21.3. The highest BCUT2D eigenvalue weighted by atomic mass is 35.5. The van der Waals surface area contributed by atoms with Gasteiger partial charge in [0.05, 0.1) is 6.61 Å². The van der Waals surface area contributed by atoms with E-state index in [2.05, 4.69) is 46.8 Å². The summed E-state index contributed by atoms with van der Waals surface area (Å²) in [6.07, 6.45) is 12.8. The van der Waals surface area contributed by atoms with Crippen LogP contribution in [0.15, 0.2) is 97.1 Å². The smallest absolute Gasteiger partial charge is 0.328 e. The monoisotopic (exact) mass is 618 g/mol. The van der Waals surface area contributed by atoms with Gasteiger partial charge in [-0.1, -0.05) is 85.1 Å². The summed E-state index contributed by atoms with van der Waals surface area (Å²) in [5.74, 6) is -2.72. The molecular weight excluding hydrogens is 580 g/mol. The summed E-state index contributed by atoms with van der Waals surface area (Å²) in [5, 5.41) is 16.4. The third kappa shape index (κ3) is 12.5. The van der Waals surface area contributed by atoms with E-state index in [1.807, 2.05) is 42.5 Å². The molecule has 9 heteroatoms. The van der Waals surface area contributed by atoms with Crippen molar-refractivity contribution in [2.24, 2.45) is 0 Å². The molecule has 0 aliphatic carbocycles. The van der Waals surface area contributed by atoms with E-state index in [0.29, 0.717) is 18.8 Å². The Kier molecular flexibility index (Phi) is 14.7. The van der Waals surface area contributed by atoms with Gasteiger partial charge in [-0.25, -0.2) is 15.1 Å². The van der Waals surface area contributed by atoms with E-state index in [1.165, 1.54) is 28.1 Å². The average molecular weight is 619 g/mol. The van der Waals surface area contributed by atoms with E-state index < -0.39 is 11.9 Å². The number of unbranched alkanes of at least 4 members (excludes halogenated alkanes) is 4. The minimum absolute atomic E-state index is 0.208. The maximum Gasteiger partial charge on any atom is 0.328 e. The third-order valence-electron chi connectivity index (χ3n) is 6.93. The minimum Gasteiger partial charge on any atom is -0.478 e. The van der Waals surface area contributed by atoms with Crippen LogP contribution in [0, 0.1) is 0 Å². The maximum absolute atomic E-state index is 11.9. The molecule has 0 atom stereocenters. The second-order valence-corrected chi connectivity index (χ2v) is 10.7. The fourth-order valence-electron chi connectivity index (χ4n) is 4.81. The van der Waals surface area contributed by atoms with Crippen LogP contribution in [0.3, 0.4) is 0 Å². The van der Waals surface area contributed by atoms with Crippen LogP contribution in [0.2, 0.25) is 5.02 Å². The predicted octanol–water partition coefficient (Wildman–Crippen LogP) is 7.09. The van der Waals surface area contributed by atoms with Gasteiger partial charge in [0.1, 0.15) is 0 Å². The minimum atomic E-state index is -1.26. The highest BCUT2D eigenvalue weighted by Gasteiger charge is 2.20. The number of halogens is 1. The summed E-state index contributed by atoms with van der Waals surface area (Å²) in [7, 11) is 0. The number of carbonyl (C=O) groups excluding carboxylic acids is 1. The third-order valence-corrected chi connectivity index (χ3v) is 7.17. The number of rotatable bonds is 14. The molecule has 3 aromatic rings. The molecule has 1 amide bonds. The van der Waals surface area contributed by atoms with Gasteiger partial charge in [-0.3, -0.25) is 9.63 Å². The highest BCUT2D eigenvalue weighted by molar-refractivity contribution is 6.30. The molecule has 44 heavy (non-hydrogen) atoms. The zero-order chi connectivity index (χ0) is 31.6. The lowest BCUT2D eigenvalue weighted by Gasteiger charge is -2.27. The molecule has 0 aromatic heterocycles. The number of amides is 1. The van der Waals surface area contributed by atoms with E-state index in [1.54, 1.807) is 6.08 Å². The molecular formula is C35H39ClN2O6. The first kappa shape index (κ1) is 34.1. The Balaban J connectivity index is 0.000000583. The van der Waals surface area contributed by atoms with Crippen LogP contribution in [0.25, 0.3) is 0 Å². The normalized spacial score (nSPS) is 12.2. The van der Waals surface area contributed by atoms with Crippen molar-refractivity contribution in [2.75, 3.05) is 18.1 Å². The van der Waals surface area contributed by atoms with Gasteiger partial charge >= 0.3 is 11.9 Å². The maximum atomic E-state index is 11.9. The summed E-state index contributed by atoms with van der Waals surface area (Å²) >= 11 is 6.37. The first-order valence-corrected chi connectivity index (χ1v) is 15.1. The Labute approximate surface area is 263 Å². The number of nitrogens with zero attached hydrogens (tertiary/aromatic N) is 1. The second kappa shape index (κ2) is 19.0. The molecule has 0 fully saturated rings. The quantitative estimate of drug-likeness (QED) is 0.100. The number of fused-ring (bicyclic) bond motifs is 2. The van der Waals surface area contributed by atoms with Crippen LogP contribution < -0.4 is 10.4 Å². The first-order valence-electron chi connectivity index (χ1n) is 14.7. The Bertz CT molecular complexity index is 1410. The van der Waals surface area contributed by atoms with E-state index in [-0.39, 0.29) is 5.91 Å².